The summed E-state index contributed by atoms with van der Waals surface area (Å²) in [4.78, 5) is 2.10. The summed E-state index contributed by atoms with van der Waals surface area (Å²) in [5.74, 6) is 0.269. The normalized spacial score (nSPS) is 12.9. The number of hydrogen-bond acceptors (Lipinski definition) is 2. The lowest BCUT2D eigenvalue weighted by molar-refractivity contribution is 0.479. The monoisotopic (exact) mass is 210 g/mol. The minimum atomic E-state index is -0.207. The summed E-state index contributed by atoms with van der Waals surface area (Å²) in [5, 5.41) is 0. The number of nitrogens with two attached hydrogens (primary N) is 1. The Morgan fingerprint density at radius 1 is 1.27 bits per heavy atom. The highest BCUT2D eigenvalue weighted by atomic mass is 19.1. The topological polar surface area (TPSA) is 29.3 Å². The van der Waals surface area contributed by atoms with Gasteiger partial charge in [-0.3, -0.25) is 0 Å². The van der Waals surface area contributed by atoms with E-state index in [-0.39, 0.29) is 11.9 Å². The van der Waals surface area contributed by atoms with Crippen LogP contribution in [0, 0.1) is 11.7 Å². The zero-order chi connectivity index (χ0) is 11.4. The molecule has 1 aromatic rings. The first-order valence-corrected chi connectivity index (χ1v) is 5.24. The highest BCUT2D eigenvalue weighted by Gasteiger charge is 2.17. The van der Waals surface area contributed by atoms with E-state index in [2.05, 4.69) is 18.7 Å². The van der Waals surface area contributed by atoms with Gasteiger partial charge in [-0.2, -0.15) is 0 Å². The van der Waals surface area contributed by atoms with E-state index in [1.807, 2.05) is 7.05 Å². The molecule has 0 aliphatic carbocycles. The van der Waals surface area contributed by atoms with Gasteiger partial charge < -0.3 is 10.6 Å². The van der Waals surface area contributed by atoms with Crippen LogP contribution in [0.25, 0.3) is 0 Å². The Labute approximate surface area is 90.9 Å². The van der Waals surface area contributed by atoms with Crippen LogP contribution in [0.3, 0.4) is 0 Å². The van der Waals surface area contributed by atoms with Crippen molar-refractivity contribution in [3.63, 3.8) is 0 Å². The molecular formula is C12H19FN2. The lowest BCUT2D eigenvalue weighted by Gasteiger charge is -2.32. The molecule has 1 atom stereocenters. The molecule has 1 unspecified atom stereocenters. The van der Waals surface area contributed by atoms with Gasteiger partial charge in [-0.1, -0.05) is 13.8 Å². The van der Waals surface area contributed by atoms with Gasteiger partial charge >= 0.3 is 0 Å². The predicted molar refractivity (Wildman–Crippen MR) is 62.5 cm³/mol. The molecule has 0 spiro atoms. The lowest BCUT2D eigenvalue weighted by atomic mass is 10.0. The molecule has 1 aromatic carbocycles. The number of nitrogens with zero attached hydrogens (tertiary/aromatic N) is 1. The van der Waals surface area contributed by atoms with E-state index >= 15 is 0 Å². The molecule has 3 heteroatoms. The predicted octanol–water partition coefficient (Wildman–Crippen LogP) is 2.25. The van der Waals surface area contributed by atoms with Gasteiger partial charge in [-0.15, -0.1) is 0 Å². The highest BCUT2D eigenvalue weighted by molar-refractivity contribution is 5.46. The molecule has 0 saturated carbocycles. The van der Waals surface area contributed by atoms with Gasteiger partial charge in [-0.25, -0.2) is 4.39 Å². The summed E-state index contributed by atoms with van der Waals surface area (Å²) in [6.45, 7) is 4.88. The minimum absolute atomic E-state index is 0.207. The zero-order valence-corrected chi connectivity index (χ0v) is 9.57. The van der Waals surface area contributed by atoms with Gasteiger partial charge in [0.2, 0.25) is 0 Å². The third kappa shape index (κ3) is 2.93. The van der Waals surface area contributed by atoms with Crippen molar-refractivity contribution in [3.8, 4) is 0 Å². The maximum atomic E-state index is 12.7. The summed E-state index contributed by atoms with van der Waals surface area (Å²) in [6, 6.07) is 6.79. The van der Waals surface area contributed by atoms with Gasteiger partial charge in [0, 0.05) is 25.3 Å². The van der Waals surface area contributed by atoms with Crippen molar-refractivity contribution in [2.24, 2.45) is 11.7 Å². The van der Waals surface area contributed by atoms with Crippen molar-refractivity contribution >= 4 is 5.69 Å². The first-order chi connectivity index (χ1) is 7.06. The Morgan fingerprint density at radius 3 is 2.20 bits per heavy atom. The van der Waals surface area contributed by atoms with Crippen LogP contribution in [0.1, 0.15) is 13.8 Å². The van der Waals surface area contributed by atoms with Crippen LogP contribution in [0.5, 0.6) is 0 Å². The molecular weight excluding hydrogens is 191 g/mol. The molecule has 0 radical (unpaired) electrons. The van der Waals surface area contributed by atoms with Crippen molar-refractivity contribution in [3.05, 3.63) is 30.1 Å². The van der Waals surface area contributed by atoms with E-state index < -0.39 is 0 Å². The summed E-state index contributed by atoms with van der Waals surface area (Å²) in [5.41, 5.74) is 6.73. The van der Waals surface area contributed by atoms with E-state index in [1.165, 1.54) is 12.1 Å². The summed E-state index contributed by atoms with van der Waals surface area (Å²) < 4.78 is 12.7. The van der Waals surface area contributed by atoms with Crippen LogP contribution in [0.4, 0.5) is 10.1 Å². The molecule has 0 heterocycles. The van der Waals surface area contributed by atoms with E-state index in [0.29, 0.717) is 12.5 Å². The van der Waals surface area contributed by atoms with Crippen LogP contribution in [-0.4, -0.2) is 19.6 Å². The quantitative estimate of drug-likeness (QED) is 0.825. The molecule has 0 bridgehead atoms. The number of halogens is 1. The number of anilines is 1. The fraction of sp³-hybridized carbons (Fsp3) is 0.500. The Morgan fingerprint density at radius 2 is 1.80 bits per heavy atom. The number of benzene rings is 1. The number of hydrogen-bond donors (Lipinski definition) is 1. The molecule has 2 N–H and O–H groups in total. The van der Waals surface area contributed by atoms with E-state index in [1.54, 1.807) is 12.1 Å². The van der Waals surface area contributed by atoms with Crippen LogP contribution in [0.2, 0.25) is 0 Å². The third-order valence-corrected chi connectivity index (χ3v) is 2.74. The Kier molecular flexibility index (Phi) is 4.09. The van der Waals surface area contributed by atoms with Crippen LogP contribution < -0.4 is 10.6 Å². The molecule has 0 aliphatic heterocycles. The third-order valence-electron chi connectivity index (χ3n) is 2.74. The molecule has 0 aliphatic rings. The first-order valence-electron chi connectivity index (χ1n) is 5.24. The van der Waals surface area contributed by atoms with Gasteiger partial charge in [-0.05, 0) is 30.2 Å². The fourth-order valence-corrected chi connectivity index (χ4v) is 1.75. The first kappa shape index (κ1) is 12.0. The second kappa shape index (κ2) is 5.12. The Hall–Kier alpha value is -1.09. The lowest BCUT2D eigenvalue weighted by Crippen LogP contribution is -2.41. The molecule has 15 heavy (non-hydrogen) atoms. The van der Waals surface area contributed by atoms with E-state index in [9.17, 15) is 4.39 Å². The van der Waals surface area contributed by atoms with Gasteiger partial charge in [0.1, 0.15) is 5.82 Å². The molecule has 0 saturated heterocycles. The molecule has 2 nitrogen and oxygen atoms in total. The average molecular weight is 210 g/mol. The van der Waals surface area contributed by atoms with Gasteiger partial charge in [0.15, 0.2) is 0 Å². The summed E-state index contributed by atoms with van der Waals surface area (Å²) in [6.07, 6.45) is 0. The summed E-state index contributed by atoms with van der Waals surface area (Å²) >= 11 is 0. The van der Waals surface area contributed by atoms with Crippen LogP contribution in [0.15, 0.2) is 24.3 Å². The van der Waals surface area contributed by atoms with Crippen molar-refractivity contribution in [2.75, 3.05) is 18.5 Å². The van der Waals surface area contributed by atoms with Crippen molar-refractivity contribution < 1.29 is 4.39 Å². The standard InChI is InChI=1S/C12H19FN2/c1-9(2)12(8-14)15(3)11-6-4-10(13)5-7-11/h4-7,9,12H,8,14H2,1-3H3. The Balaban J connectivity index is 2.82. The molecule has 0 aromatic heterocycles. The molecule has 1 rings (SSSR count). The Bertz CT molecular complexity index is 295. The number of likely N-dealkylation sites (N-methyl/N-ethyl adjacent to an activating group) is 1. The van der Waals surface area contributed by atoms with Crippen molar-refractivity contribution in [2.45, 2.75) is 19.9 Å². The van der Waals surface area contributed by atoms with E-state index in [0.717, 1.165) is 5.69 Å². The largest absolute Gasteiger partial charge is 0.370 e. The van der Waals surface area contributed by atoms with Crippen molar-refractivity contribution in [1.82, 2.24) is 0 Å². The minimum Gasteiger partial charge on any atom is -0.370 e. The summed E-state index contributed by atoms with van der Waals surface area (Å²) in [7, 11) is 1.99. The fourth-order valence-electron chi connectivity index (χ4n) is 1.75. The van der Waals surface area contributed by atoms with Crippen LogP contribution in [-0.2, 0) is 0 Å². The van der Waals surface area contributed by atoms with Gasteiger partial charge in [0.25, 0.3) is 0 Å². The highest BCUT2D eigenvalue weighted by Crippen LogP contribution is 2.18. The second-order valence-corrected chi connectivity index (χ2v) is 4.13. The molecule has 84 valence electrons. The van der Waals surface area contributed by atoms with Crippen molar-refractivity contribution in [1.29, 1.82) is 0 Å². The van der Waals surface area contributed by atoms with Crippen LogP contribution >= 0.6 is 0 Å². The SMILES string of the molecule is CC(C)C(CN)N(C)c1ccc(F)cc1. The smallest absolute Gasteiger partial charge is 0.123 e. The number of rotatable bonds is 4. The maximum absolute atomic E-state index is 12.7. The molecule has 0 amide bonds. The maximum Gasteiger partial charge on any atom is 0.123 e. The molecule has 0 fully saturated rings. The zero-order valence-electron chi connectivity index (χ0n) is 9.57. The second-order valence-electron chi connectivity index (χ2n) is 4.13. The van der Waals surface area contributed by atoms with Gasteiger partial charge in [0.05, 0.1) is 0 Å². The average Bonchev–Trinajstić information content (AvgIpc) is 2.19. The van der Waals surface area contributed by atoms with E-state index in [4.69, 9.17) is 5.73 Å².